The molecule has 3 aromatic rings. The summed E-state index contributed by atoms with van der Waals surface area (Å²) in [5.74, 6) is -1.93. The minimum absolute atomic E-state index is 0.0404. The van der Waals surface area contributed by atoms with Crippen LogP contribution in [0, 0.1) is 5.82 Å². The zero-order valence-electron chi connectivity index (χ0n) is 25.5. The maximum absolute atomic E-state index is 16.5. The molecule has 2 N–H and O–H groups in total. The molecular formula is C34H33BrCl2FN3O5. The van der Waals surface area contributed by atoms with Gasteiger partial charge in [-0.15, -0.1) is 0 Å². The topological polar surface area (TPSA) is 97.0 Å². The van der Waals surface area contributed by atoms with Gasteiger partial charge in [-0.3, -0.25) is 9.59 Å². The molecule has 0 radical (unpaired) electrons. The Morgan fingerprint density at radius 3 is 2.46 bits per heavy atom. The van der Waals surface area contributed by atoms with E-state index >= 15 is 4.39 Å². The number of piperidine rings is 2. The first-order valence-electron chi connectivity index (χ1n) is 15.1. The normalized spacial score (nSPS) is 23.2. The molecule has 46 heavy (non-hydrogen) atoms. The minimum atomic E-state index is -1.49. The molecule has 3 heterocycles. The number of hydrogen-bond acceptors (Lipinski definition) is 5. The molecule has 8 nitrogen and oxygen atoms in total. The van der Waals surface area contributed by atoms with Crippen molar-refractivity contribution in [1.82, 2.24) is 10.2 Å². The van der Waals surface area contributed by atoms with Crippen LogP contribution in [0.15, 0.2) is 59.1 Å². The summed E-state index contributed by atoms with van der Waals surface area (Å²) in [7, 11) is 0. The van der Waals surface area contributed by atoms with Crippen molar-refractivity contribution in [2.24, 2.45) is 0 Å². The molecule has 12 heteroatoms. The minimum Gasteiger partial charge on any atom is -0.490 e. The maximum Gasteiger partial charge on any atom is 0.410 e. The van der Waals surface area contributed by atoms with Crippen LogP contribution >= 0.6 is 39.1 Å². The average Bonchev–Trinajstić information content (AvgIpc) is 3.26. The van der Waals surface area contributed by atoms with Gasteiger partial charge in [-0.2, -0.15) is 0 Å². The molecule has 3 atom stereocenters. The zero-order valence-corrected chi connectivity index (χ0v) is 28.6. The molecule has 1 spiro atoms. The number of nitrogens with zero attached hydrogens (tertiary/aromatic N) is 1. The number of anilines is 1. The van der Waals surface area contributed by atoms with Gasteiger partial charge in [0.25, 0.3) is 0 Å². The van der Waals surface area contributed by atoms with Crippen molar-refractivity contribution in [3.63, 3.8) is 0 Å². The smallest absolute Gasteiger partial charge is 0.410 e. The third-order valence-corrected chi connectivity index (χ3v) is 9.85. The van der Waals surface area contributed by atoms with Crippen LogP contribution in [0.1, 0.15) is 68.7 Å². The van der Waals surface area contributed by atoms with E-state index in [0.29, 0.717) is 52.8 Å². The van der Waals surface area contributed by atoms with Gasteiger partial charge in [0.15, 0.2) is 0 Å². The van der Waals surface area contributed by atoms with Crippen molar-refractivity contribution in [2.45, 2.75) is 69.1 Å². The molecule has 6 rings (SSSR count). The summed E-state index contributed by atoms with van der Waals surface area (Å²) >= 11 is 16.1. The third-order valence-electron chi connectivity index (χ3n) is 8.77. The monoisotopic (exact) mass is 731 g/mol. The fourth-order valence-corrected chi connectivity index (χ4v) is 7.55. The quantitative estimate of drug-likeness (QED) is 0.284. The number of benzene rings is 3. The van der Waals surface area contributed by atoms with Crippen LogP contribution in [0.2, 0.25) is 10.0 Å². The Morgan fingerprint density at radius 1 is 1.04 bits per heavy atom. The Labute approximate surface area is 285 Å². The third kappa shape index (κ3) is 5.95. The molecule has 242 valence electrons. The van der Waals surface area contributed by atoms with Crippen LogP contribution in [0.4, 0.5) is 14.9 Å². The summed E-state index contributed by atoms with van der Waals surface area (Å²) in [6.45, 7) is 6.23. The first-order valence-corrected chi connectivity index (χ1v) is 16.6. The summed E-state index contributed by atoms with van der Waals surface area (Å²) in [6.07, 6.45) is 0.157. The van der Waals surface area contributed by atoms with Crippen LogP contribution in [-0.4, -0.2) is 47.6 Å². The van der Waals surface area contributed by atoms with Crippen molar-refractivity contribution in [1.29, 1.82) is 0 Å². The standard InChI is InChI=1S/C34H33BrCl2FN3O5/c1-33(2,3)46-32(44)41-13-11-21(12-14-41)45-26-10-9-24(35)29(38)28(26)30-34(22-8-7-20(37)16-25(22)39-31(34)43)23(17-27(42)40-30)18-5-4-6-19(36)15-18/h4-10,15-16,21,23,30H,11-14,17H2,1-3H3,(H,39,43)(H,40,42)/t23-,30-,34-/m0/s1. The van der Waals surface area contributed by atoms with E-state index in [1.165, 1.54) is 6.07 Å². The Hall–Kier alpha value is -3.34. The Kier molecular flexibility index (Phi) is 8.76. The average molecular weight is 733 g/mol. The van der Waals surface area contributed by atoms with Gasteiger partial charge in [-0.25, -0.2) is 9.18 Å². The predicted molar refractivity (Wildman–Crippen MR) is 177 cm³/mol. The highest BCUT2D eigenvalue weighted by Gasteiger charge is 2.62. The van der Waals surface area contributed by atoms with E-state index in [2.05, 4.69) is 26.6 Å². The molecule has 3 aromatic carbocycles. The van der Waals surface area contributed by atoms with Crippen LogP contribution in [0.25, 0.3) is 0 Å². The van der Waals surface area contributed by atoms with E-state index < -0.39 is 40.8 Å². The lowest BCUT2D eigenvalue weighted by molar-refractivity contribution is -0.131. The molecule has 3 aliphatic rings. The number of likely N-dealkylation sites (tertiary alicyclic amines) is 1. The lowest BCUT2D eigenvalue weighted by atomic mass is 9.59. The maximum atomic E-state index is 16.5. The van der Waals surface area contributed by atoms with Gasteiger partial charge in [-0.1, -0.05) is 41.4 Å². The Balaban J connectivity index is 1.43. The number of halogens is 4. The summed E-state index contributed by atoms with van der Waals surface area (Å²) in [5.41, 5.74) is -0.336. The SMILES string of the molecule is CC(C)(C)OC(=O)N1CCC(Oc2ccc(Br)c(F)c2[C@@H]2NC(=O)C[C@@H](c3cccc(Cl)c3)[C@]23C(=O)Nc2cc(Cl)ccc23)CC1. The molecular weight excluding hydrogens is 700 g/mol. The van der Waals surface area contributed by atoms with Gasteiger partial charge < -0.3 is 25.0 Å². The molecule has 0 unspecified atom stereocenters. The van der Waals surface area contributed by atoms with E-state index in [1.807, 2.05) is 26.8 Å². The molecule has 0 aromatic heterocycles. The highest BCUT2D eigenvalue weighted by atomic mass is 79.9. The van der Waals surface area contributed by atoms with Crippen LogP contribution in [-0.2, 0) is 19.7 Å². The number of nitrogens with one attached hydrogen (secondary N) is 2. The Morgan fingerprint density at radius 2 is 1.76 bits per heavy atom. The molecule has 0 saturated carbocycles. The van der Waals surface area contributed by atoms with E-state index in [1.54, 1.807) is 47.4 Å². The lowest BCUT2D eigenvalue weighted by Crippen LogP contribution is -2.57. The van der Waals surface area contributed by atoms with Gasteiger partial charge in [0.2, 0.25) is 11.8 Å². The highest BCUT2D eigenvalue weighted by Crippen LogP contribution is 2.59. The summed E-state index contributed by atoms with van der Waals surface area (Å²) in [4.78, 5) is 42.2. The van der Waals surface area contributed by atoms with Crippen molar-refractivity contribution in [3.8, 4) is 5.75 Å². The van der Waals surface area contributed by atoms with Crippen molar-refractivity contribution in [3.05, 3.63) is 91.6 Å². The fourth-order valence-electron chi connectivity index (χ4n) is 6.83. The zero-order chi connectivity index (χ0) is 33.0. The number of amides is 3. The van der Waals surface area contributed by atoms with Gasteiger partial charge >= 0.3 is 6.09 Å². The second-order valence-electron chi connectivity index (χ2n) is 12.9. The molecule has 3 aliphatic heterocycles. The highest BCUT2D eigenvalue weighted by molar-refractivity contribution is 9.10. The van der Waals surface area contributed by atoms with E-state index in [9.17, 15) is 14.4 Å². The van der Waals surface area contributed by atoms with Crippen LogP contribution < -0.4 is 15.4 Å². The number of rotatable bonds is 4. The first kappa shape index (κ1) is 32.6. The van der Waals surface area contributed by atoms with E-state index in [0.717, 1.165) is 0 Å². The predicted octanol–water partition coefficient (Wildman–Crippen LogP) is 7.91. The molecule has 3 amide bonds. The van der Waals surface area contributed by atoms with Gasteiger partial charge in [0.1, 0.15) is 28.7 Å². The Bertz CT molecular complexity index is 1730. The van der Waals surface area contributed by atoms with Crippen LogP contribution in [0.3, 0.4) is 0 Å². The summed E-state index contributed by atoms with van der Waals surface area (Å²) in [5, 5.41) is 6.80. The largest absolute Gasteiger partial charge is 0.490 e. The lowest BCUT2D eigenvalue weighted by Gasteiger charge is -2.47. The molecule has 2 saturated heterocycles. The second kappa shape index (κ2) is 12.4. The number of hydrogen-bond donors (Lipinski definition) is 2. The van der Waals surface area contributed by atoms with Crippen molar-refractivity contribution in [2.75, 3.05) is 18.4 Å². The molecule has 0 aliphatic carbocycles. The number of carbonyl (C=O) groups excluding carboxylic acids is 3. The first-order chi connectivity index (χ1) is 21.8. The van der Waals surface area contributed by atoms with Gasteiger partial charge in [0, 0.05) is 54.0 Å². The number of fused-ring (bicyclic) bond motifs is 2. The van der Waals surface area contributed by atoms with E-state index in [-0.39, 0.29) is 34.2 Å². The molecule has 2 fully saturated rings. The van der Waals surface area contributed by atoms with Crippen molar-refractivity contribution < 1.29 is 28.2 Å². The summed E-state index contributed by atoms with van der Waals surface area (Å²) < 4.78 is 28.7. The van der Waals surface area contributed by atoms with Gasteiger partial charge in [0.05, 0.1) is 16.1 Å². The fraction of sp³-hybridized carbons (Fsp3) is 0.382. The number of carbonyl (C=O) groups is 3. The van der Waals surface area contributed by atoms with Crippen molar-refractivity contribution >= 4 is 62.7 Å². The second-order valence-corrected chi connectivity index (χ2v) is 14.6. The summed E-state index contributed by atoms with van der Waals surface area (Å²) in [6, 6.07) is 14.1. The number of ether oxygens (including phenoxy) is 2. The van der Waals surface area contributed by atoms with Crippen LogP contribution in [0.5, 0.6) is 5.75 Å². The van der Waals surface area contributed by atoms with Gasteiger partial charge in [-0.05, 0) is 84.2 Å². The molecule has 0 bridgehead atoms. The van der Waals surface area contributed by atoms with E-state index in [4.69, 9.17) is 32.7 Å².